The molecule has 10 heteroatoms. The highest BCUT2D eigenvalue weighted by Crippen LogP contribution is 2.29. The Morgan fingerprint density at radius 2 is 1.92 bits per heavy atom. The Morgan fingerprint density at radius 1 is 1.11 bits per heavy atom. The van der Waals surface area contributed by atoms with Crippen molar-refractivity contribution in [3.63, 3.8) is 0 Å². The molecule has 1 atom stereocenters. The van der Waals surface area contributed by atoms with Gasteiger partial charge in [0.05, 0.1) is 29.2 Å². The first kappa shape index (κ1) is 24.5. The normalized spacial score (nSPS) is 12.3. The van der Waals surface area contributed by atoms with Crippen molar-refractivity contribution < 1.29 is 18.7 Å². The van der Waals surface area contributed by atoms with E-state index in [2.05, 4.69) is 14.8 Å². The minimum atomic E-state index is -0.828. The number of fused-ring (bicyclic) bond motifs is 2. The van der Waals surface area contributed by atoms with Crippen LogP contribution in [0.3, 0.4) is 0 Å². The van der Waals surface area contributed by atoms with Gasteiger partial charge in [0.2, 0.25) is 5.82 Å². The topological polar surface area (TPSA) is 95.9 Å². The number of ether oxygens (including phenoxy) is 2. The molecule has 2 aromatic heterocycles. The first-order valence-electron chi connectivity index (χ1n) is 11.1. The molecule has 0 radical (unpaired) electrons. The first-order chi connectivity index (χ1) is 17.8. The average molecular weight is 536 g/mol. The Kier molecular flexibility index (Phi) is 6.69. The quantitative estimate of drug-likeness (QED) is 0.197. The van der Waals surface area contributed by atoms with Gasteiger partial charge in [0.15, 0.2) is 11.9 Å². The lowest BCUT2D eigenvalue weighted by atomic mass is 10.2. The lowest BCUT2D eigenvalue weighted by Crippen LogP contribution is -2.25. The summed E-state index contributed by atoms with van der Waals surface area (Å²) in [7, 11) is 1.28. The molecule has 0 aliphatic rings. The maximum absolute atomic E-state index is 13.4. The van der Waals surface area contributed by atoms with Gasteiger partial charge in [0.25, 0.3) is 5.56 Å². The third-order valence-corrected chi connectivity index (χ3v) is 6.10. The van der Waals surface area contributed by atoms with Crippen LogP contribution in [0.25, 0.3) is 33.5 Å². The molecule has 186 valence electrons. The number of furan rings is 1. The van der Waals surface area contributed by atoms with Crippen LogP contribution in [0.1, 0.15) is 12.5 Å². The number of aromatic nitrogens is 2. The third kappa shape index (κ3) is 4.94. The molecule has 0 saturated heterocycles. The van der Waals surface area contributed by atoms with Gasteiger partial charge in [0.1, 0.15) is 11.3 Å². The molecular formula is C27H19Cl2N3O5. The summed E-state index contributed by atoms with van der Waals surface area (Å²) in [5, 5.41) is 6.42. The van der Waals surface area contributed by atoms with E-state index in [1.54, 1.807) is 73.7 Å². The highest BCUT2D eigenvalue weighted by atomic mass is 35.5. The monoisotopic (exact) mass is 535 g/mol. The van der Waals surface area contributed by atoms with E-state index in [9.17, 15) is 9.59 Å². The van der Waals surface area contributed by atoms with Gasteiger partial charge in [-0.15, -0.1) is 0 Å². The van der Waals surface area contributed by atoms with Crippen molar-refractivity contribution in [3.8, 4) is 17.3 Å². The SMILES string of the molecule is COC(=O)[C@H](C)Oc1ccc(C=Nn2c(-c3cc4cc(Cl)ccc4o3)nc3ccccc3c2=O)cc1Cl. The van der Waals surface area contributed by atoms with Gasteiger partial charge < -0.3 is 13.9 Å². The summed E-state index contributed by atoms with van der Waals surface area (Å²) in [6.07, 6.45) is 0.644. The molecule has 2 heterocycles. The molecule has 8 nitrogen and oxygen atoms in total. The number of carbonyl (C=O) groups is 1. The summed E-state index contributed by atoms with van der Waals surface area (Å²) in [5.74, 6) is 0.370. The van der Waals surface area contributed by atoms with Gasteiger partial charge in [-0.3, -0.25) is 4.79 Å². The molecule has 3 aromatic carbocycles. The second-order valence-electron chi connectivity index (χ2n) is 8.08. The lowest BCUT2D eigenvalue weighted by Gasteiger charge is -2.13. The Labute approximate surface area is 220 Å². The first-order valence-corrected chi connectivity index (χ1v) is 11.9. The van der Waals surface area contributed by atoms with Gasteiger partial charge in [0, 0.05) is 10.4 Å². The Balaban J connectivity index is 1.56. The highest BCUT2D eigenvalue weighted by Gasteiger charge is 2.18. The molecule has 0 fully saturated rings. The van der Waals surface area contributed by atoms with Crippen LogP contribution in [0.5, 0.6) is 5.75 Å². The second kappa shape index (κ2) is 10.1. The zero-order valence-corrected chi connectivity index (χ0v) is 21.2. The molecule has 5 aromatic rings. The minimum absolute atomic E-state index is 0.227. The van der Waals surface area contributed by atoms with E-state index in [4.69, 9.17) is 32.4 Å². The molecule has 5 rings (SSSR count). The van der Waals surface area contributed by atoms with Crippen molar-refractivity contribution in [1.82, 2.24) is 9.66 Å². The van der Waals surface area contributed by atoms with Gasteiger partial charge >= 0.3 is 5.97 Å². The fourth-order valence-corrected chi connectivity index (χ4v) is 4.15. The lowest BCUT2D eigenvalue weighted by molar-refractivity contribution is -0.147. The van der Waals surface area contributed by atoms with Crippen molar-refractivity contribution in [2.75, 3.05) is 7.11 Å². The van der Waals surface area contributed by atoms with E-state index in [1.807, 2.05) is 0 Å². The number of esters is 1. The standard InChI is InChI=1S/C27H19Cl2N3O5/c1-15(27(34)35-2)36-23-9-7-16(11-20(23)29)14-30-32-25(31-21-6-4-3-5-19(21)26(32)33)24-13-17-12-18(28)8-10-22(17)37-24/h3-15H,1-2H3/t15-/m0/s1. The molecule has 0 amide bonds. The van der Waals surface area contributed by atoms with E-state index < -0.39 is 12.1 Å². The van der Waals surface area contributed by atoms with Crippen molar-refractivity contribution in [3.05, 3.63) is 92.7 Å². The number of carbonyl (C=O) groups excluding carboxylic acids is 1. The number of hydrogen-bond donors (Lipinski definition) is 0. The second-order valence-corrected chi connectivity index (χ2v) is 8.92. The number of nitrogens with zero attached hydrogens (tertiary/aromatic N) is 3. The van der Waals surface area contributed by atoms with Crippen molar-refractivity contribution in [2.45, 2.75) is 13.0 Å². The van der Waals surface area contributed by atoms with Crippen LogP contribution in [0.4, 0.5) is 0 Å². The number of methoxy groups -OCH3 is 1. The summed E-state index contributed by atoms with van der Waals surface area (Å²) in [5.41, 5.74) is 1.33. The third-order valence-electron chi connectivity index (χ3n) is 5.57. The molecule has 0 bridgehead atoms. The summed E-state index contributed by atoms with van der Waals surface area (Å²) >= 11 is 12.5. The number of benzene rings is 3. The molecule has 0 saturated carbocycles. The largest absolute Gasteiger partial charge is 0.477 e. The van der Waals surface area contributed by atoms with Gasteiger partial charge in [-0.1, -0.05) is 35.3 Å². The van der Waals surface area contributed by atoms with Crippen LogP contribution in [0.15, 0.2) is 81.0 Å². The predicted octanol–water partition coefficient (Wildman–Crippen LogP) is 5.94. The fraction of sp³-hybridized carbons (Fsp3) is 0.111. The molecular weight excluding hydrogens is 517 g/mol. The minimum Gasteiger partial charge on any atom is -0.477 e. The Bertz CT molecular complexity index is 1740. The molecule has 37 heavy (non-hydrogen) atoms. The van der Waals surface area contributed by atoms with Gasteiger partial charge in [-0.05, 0) is 67.1 Å². The van der Waals surface area contributed by atoms with E-state index in [1.165, 1.54) is 18.0 Å². The fourth-order valence-electron chi connectivity index (χ4n) is 3.74. The summed E-state index contributed by atoms with van der Waals surface area (Å²) in [4.78, 5) is 29.7. The maximum Gasteiger partial charge on any atom is 0.346 e. The van der Waals surface area contributed by atoms with E-state index in [0.717, 1.165) is 5.39 Å². The number of rotatable bonds is 6. The van der Waals surface area contributed by atoms with Crippen LogP contribution in [0, 0.1) is 0 Å². The average Bonchev–Trinajstić information content (AvgIpc) is 3.32. The van der Waals surface area contributed by atoms with Crippen molar-refractivity contribution in [1.29, 1.82) is 0 Å². The molecule has 0 spiro atoms. The van der Waals surface area contributed by atoms with Crippen LogP contribution < -0.4 is 10.3 Å². The van der Waals surface area contributed by atoms with Crippen molar-refractivity contribution in [2.24, 2.45) is 5.10 Å². The summed E-state index contributed by atoms with van der Waals surface area (Å²) in [6, 6.07) is 18.9. The van der Waals surface area contributed by atoms with E-state index in [-0.39, 0.29) is 16.4 Å². The van der Waals surface area contributed by atoms with Crippen LogP contribution in [-0.4, -0.2) is 35.1 Å². The highest BCUT2D eigenvalue weighted by molar-refractivity contribution is 6.32. The van der Waals surface area contributed by atoms with Crippen LogP contribution in [-0.2, 0) is 9.53 Å². The van der Waals surface area contributed by atoms with Crippen LogP contribution in [0.2, 0.25) is 10.0 Å². The van der Waals surface area contributed by atoms with Crippen LogP contribution >= 0.6 is 23.2 Å². The summed E-state index contributed by atoms with van der Waals surface area (Å²) < 4.78 is 17.4. The molecule has 0 unspecified atom stereocenters. The molecule has 0 N–H and O–H groups in total. The van der Waals surface area contributed by atoms with Gasteiger partial charge in [-0.2, -0.15) is 9.78 Å². The van der Waals surface area contributed by atoms with Crippen molar-refractivity contribution >= 4 is 57.3 Å². The van der Waals surface area contributed by atoms with Gasteiger partial charge in [-0.25, -0.2) is 9.78 Å². The smallest absolute Gasteiger partial charge is 0.346 e. The predicted molar refractivity (Wildman–Crippen MR) is 143 cm³/mol. The summed E-state index contributed by atoms with van der Waals surface area (Å²) in [6.45, 7) is 1.56. The zero-order chi connectivity index (χ0) is 26.1. The molecule has 0 aliphatic carbocycles. The molecule has 0 aliphatic heterocycles. The number of hydrogen-bond acceptors (Lipinski definition) is 7. The van der Waals surface area contributed by atoms with E-state index >= 15 is 0 Å². The maximum atomic E-state index is 13.4. The van der Waals surface area contributed by atoms with E-state index in [0.29, 0.717) is 38.6 Å². The number of para-hydroxylation sites is 1. The Morgan fingerprint density at radius 3 is 2.70 bits per heavy atom. The zero-order valence-electron chi connectivity index (χ0n) is 19.6. The Hall–Kier alpha value is -4.14. The number of halogens is 2.